The summed E-state index contributed by atoms with van der Waals surface area (Å²) in [6.07, 6.45) is 0. The molecular formula is C44H28N2. The molecule has 0 fully saturated rings. The molecule has 0 bridgehead atoms. The van der Waals surface area contributed by atoms with Gasteiger partial charge in [0.25, 0.3) is 0 Å². The van der Waals surface area contributed by atoms with E-state index in [1.807, 2.05) is 42.5 Å². The van der Waals surface area contributed by atoms with E-state index in [0.717, 1.165) is 39.1 Å². The van der Waals surface area contributed by atoms with Crippen molar-refractivity contribution in [2.24, 2.45) is 0 Å². The first-order chi connectivity index (χ1) is 22.8. The van der Waals surface area contributed by atoms with Gasteiger partial charge in [-0.05, 0) is 78.8 Å². The van der Waals surface area contributed by atoms with Crippen LogP contribution in [0.2, 0.25) is 0 Å². The molecule has 8 aromatic carbocycles. The van der Waals surface area contributed by atoms with Gasteiger partial charge >= 0.3 is 0 Å². The van der Waals surface area contributed by atoms with E-state index in [0.29, 0.717) is 0 Å². The maximum absolute atomic E-state index is 5.08. The molecule has 9 aromatic rings. The average molecular weight is 585 g/mol. The highest BCUT2D eigenvalue weighted by molar-refractivity contribution is 6.25. The maximum atomic E-state index is 5.08. The summed E-state index contributed by atoms with van der Waals surface area (Å²) in [7, 11) is 0. The van der Waals surface area contributed by atoms with Gasteiger partial charge in [0.1, 0.15) is 0 Å². The van der Waals surface area contributed by atoms with E-state index in [4.69, 9.17) is 9.97 Å². The van der Waals surface area contributed by atoms with E-state index in [2.05, 4.69) is 127 Å². The molecule has 0 aliphatic carbocycles. The van der Waals surface area contributed by atoms with Gasteiger partial charge in [-0.25, -0.2) is 9.97 Å². The molecule has 0 amide bonds. The predicted molar refractivity (Wildman–Crippen MR) is 194 cm³/mol. The SMILES string of the molecule is c1ccc(-c2nc3ccccc3nc2-c2ccc(-c3cccc(-c4ccc5c6ccccc6c6ccccc6c5c4)c3)cc2)cc1. The van der Waals surface area contributed by atoms with Crippen molar-refractivity contribution in [3.05, 3.63) is 170 Å². The van der Waals surface area contributed by atoms with Crippen molar-refractivity contribution in [3.63, 3.8) is 0 Å². The Morgan fingerprint density at radius 3 is 1.24 bits per heavy atom. The van der Waals surface area contributed by atoms with E-state index in [1.54, 1.807) is 0 Å². The third kappa shape index (κ3) is 4.43. The van der Waals surface area contributed by atoms with Gasteiger partial charge in [0, 0.05) is 11.1 Å². The third-order valence-corrected chi connectivity index (χ3v) is 9.05. The molecule has 0 atom stereocenters. The summed E-state index contributed by atoms with van der Waals surface area (Å²) in [6.45, 7) is 0. The second-order valence-corrected chi connectivity index (χ2v) is 11.8. The number of fused-ring (bicyclic) bond motifs is 7. The molecule has 0 radical (unpaired) electrons. The van der Waals surface area contributed by atoms with Crippen LogP contribution < -0.4 is 0 Å². The summed E-state index contributed by atoms with van der Waals surface area (Å²) >= 11 is 0. The molecule has 0 saturated heterocycles. The zero-order chi connectivity index (χ0) is 30.5. The highest BCUT2D eigenvalue weighted by atomic mass is 14.8. The number of benzene rings is 8. The molecule has 0 aliphatic rings. The van der Waals surface area contributed by atoms with Crippen LogP contribution in [-0.4, -0.2) is 9.97 Å². The fourth-order valence-corrected chi connectivity index (χ4v) is 6.78. The topological polar surface area (TPSA) is 25.8 Å². The summed E-state index contributed by atoms with van der Waals surface area (Å²) in [5.74, 6) is 0. The van der Waals surface area contributed by atoms with Gasteiger partial charge in [-0.3, -0.25) is 0 Å². The van der Waals surface area contributed by atoms with Crippen molar-refractivity contribution in [2.45, 2.75) is 0 Å². The first-order valence-electron chi connectivity index (χ1n) is 15.7. The second kappa shape index (κ2) is 10.8. The Morgan fingerprint density at radius 2 is 0.630 bits per heavy atom. The van der Waals surface area contributed by atoms with Gasteiger partial charge in [-0.2, -0.15) is 0 Å². The minimum atomic E-state index is 0.890. The summed E-state index contributed by atoms with van der Waals surface area (Å²) in [5, 5.41) is 7.75. The summed E-state index contributed by atoms with van der Waals surface area (Å²) in [5.41, 5.74) is 10.4. The van der Waals surface area contributed by atoms with Crippen LogP contribution in [0.3, 0.4) is 0 Å². The molecule has 1 heterocycles. The smallest absolute Gasteiger partial charge is 0.0973 e. The predicted octanol–water partition coefficient (Wildman–Crippen LogP) is 11.8. The van der Waals surface area contributed by atoms with Gasteiger partial charge < -0.3 is 0 Å². The van der Waals surface area contributed by atoms with Gasteiger partial charge in [0.15, 0.2) is 0 Å². The van der Waals surface area contributed by atoms with Crippen LogP contribution >= 0.6 is 0 Å². The van der Waals surface area contributed by atoms with Crippen LogP contribution in [0.5, 0.6) is 0 Å². The Bertz CT molecular complexity index is 2530. The summed E-state index contributed by atoms with van der Waals surface area (Å²) < 4.78 is 0. The molecule has 46 heavy (non-hydrogen) atoms. The lowest BCUT2D eigenvalue weighted by molar-refractivity contribution is 1.29. The van der Waals surface area contributed by atoms with E-state index in [1.165, 1.54) is 49.0 Å². The highest BCUT2D eigenvalue weighted by Gasteiger charge is 2.14. The molecule has 0 saturated carbocycles. The van der Waals surface area contributed by atoms with E-state index in [9.17, 15) is 0 Å². The summed E-state index contributed by atoms with van der Waals surface area (Å²) in [4.78, 5) is 10.1. The number of hydrogen-bond donors (Lipinski definition) is 0. The van der Waals surface area contributed by atoms with Crippen LogP contribution in [0.25, 0.3) is 88.1 Å². The van der Waals surface area contributed by atoms with Crippen molar-refractivity contribution in [2.75, 3.05) is 0 Å². The number of nitrogens with zero attached hydrogens (tertiary/aromatic N) is 2. The molecule has 0 N–H and O–H groups in total. The van der Waals surface area contributed by atoms with Gasteiger partial charge in [-0.1, -0.05) is 146 Å². The lowest BCUT2D eigenvalue weighted by Gasteiger charge is -2.13. The normalized spacial score (nSPS) is 11.5. The number of aromatic nitrogens is 2. The van der Waals surface area contributed by atoms with E-state index in [-0.39, 0.29) is 0 Å². The quantitative estimate of drug-likeness (QED) is 0.192. The Morgan fingerprint density at radius 1 is 0.239 bits per heavy atom. The van der Waals surface area contributed by atoms with Crippen molar-refractivity contribution in [1.82, 2.24) is 9.97 Å². The van der Waals surface area contributed by atoms with Crippen LogP contribution in [0.15, 0.2) is 170 Å². The first kappa shape index (κ1) is 26.3. The molecule has 2 nitrogen and oxygen atoms in total. The van der Waals surface area contributed by atoms with Gasteiger partial charge in [0.05, 0.1) is 22.4 Å². The fourth-order valence-electron chi connectivity index (χ4n) is 6.78. The van der Waals surface area contributed by atoms with Crippen LogP contribution in [-0.2, 0) is 0 Å². The molecule has 0 spiro atoms. The minimum absolute atomic E-state index is 0.890. The Balaban J connectivity index is 1.12. The third-order valence-electron chi connectivity index (χ3n) is 9.05. The van der Waals surface area contributed by atoms with Crippen LogP contribution in [0.1, 0.15) is 0 Å². The number of rotatable bonds is 4. The number of hydrogen-bond acceptors (Lipinski definition) is 2. The van der Waals surface area contributed by atoms with Crippen molar-refractivity contribution in [3.8, 4) is 44.8 Å². The van der Waals surface area contributed by atoms with Gasteiger partial charge in [-0.15, -0.1) is 0 Å². The first-order valence-corrected chi connectivity index (χ1v) is 15.7. The molecule has 0 unspecified atom stereocenters. The maximum Gasteiger partial charge on any atom is 0.0973 e. The monoisotopic (exact) mass is 584 g/mol. The van der Waals surface area contributed by atoms with Crippen molar-refractivity contribution >= 4 is 43.4 Å². The van der Waals surface area contributed by atoms with Crippen LogP contribution in [0.4, 0.5) is 0 Å². The van der Waals surface area contributed by atoms with E-state index < -0.39 is 0 Å². The Kier molecular flexibility index (Phi) is 6.17. The Labute approximate surface area is 267 Å². The molecule has 0 aliphatic heterocycles. The highest BCUT2D eigenvalue weighted by Crippen LogP contribution is 2.38. The van der Waals surface area contributed by atoms with Gasteiger partial charge in [0.2, 0.25) is 0 Å². The minimum Gasteiger partial charge on any atom is -0.244 e. The molecule has 2 heteroatoms. The largest absolute Gasteiger partial charge is 0.244 e. The summed E-state index contributed by atoms with van der Waals surface area (Å²) in [6, 6.07) is 60.4. The number of para-hydroxylation sites is 2. The van der Waals surface area contributed by atoms with Crippen molar-refractivity contribution in [1.29, 1.82) is 0 Å². The molecular weight excluding hydrogens is 556 g/mol. The average Bonchev–Trinajstić information content (AvgIpc) is 3.15. The zero-order valence-electron chi connectivity index (χ0n) is 25.1. The standard InChI is InChI=1S/C44H28N2/c1-2-11-30(12-3-1)43-44(46-42-20-9-8-19-41(42)45-43)31-23-21-29(22-24-31)32-13-10-14-33(27-32)34-25-26-39-37-17-5-4-15-35(37)36-16-6-7-18-38(36)40(39)28-34/h1-28H. The molecule has 9 rings (SSSR count). The van der Waals surface area contributed by atoms with E-state index >= 15 is 0 Å². The Hall–Kier alpha value is -6.12. The fraction of sp³-hybridized carbons (Fsp3) is 0. The second-order valence-electron chi connectivity index (χ2n) is 11.8. The lowest BCUT2D eigenvalue weighted by Crippen LogP contribution is -1.95. The van der Waals surface area contributed by atoms with Crippen LogP contribution in [0, 0.1) is 0 Å². The lowest BCUT2D eigenvalue weighted by atomic mass is 9.91. The van der Waals surface area contributed by atoms with Crippen molar-refractivity contribution < 1.29 is 0 Å². The molecule has 214 valence electrons. The zero-order valence-corrected chi connectivity index (χ0v) is 25.1. The molecule has 1 aromatic heterocycles.